The number of carbonyl (C=O) groups is 1. The van der Waals surface area contributed by atoms with Crippen LogP contribution in [0.2, 0.25) is 0 Å². The maximum Gasteiger partial charge on any atom is 0.251 e. The molecule has 2 rings (SSSR count). The molecule has 1 aliphatic heterocycles. The summed E-state index contributed by atoms with van der Waals surface area (Å²) in [6.45, 7) is 5.17. The Morgan fingerprint density at radius 3 is 2.68 bits per heavy atom. The molecule has 0 fully saturated rings. The minimum atomic E-state index is -0.0859. The SMILES string of the molecule is CC(CBr)C(C)NC(=O)c1ccc2c(c1)OCCO2. The molecule has 1 amide bonds. The van der Waals surface area contributed by atoms with Crippen LogP contribution in [-0.4, -0.2) is 30.5 Å². The summed E-state index contributed by atoms with van der Waals surface area (Å²) in [6.07, 6.45) is 0. The second-order valence-corrected chi connectivity index (χ2v) is 5.40. The van der Waals surface area contributed by atoms with Gasteiger partial charge in [0.25, 0.3) is 5.91 Å². The highest BCUT2D eigenvalue weighted by Gasteiger charge is 2.18. The lowest BCUT2D eigenvalue weighted by Gasteiger charge is -2.21. The van der Waals surface area contributed by atoms with E-state index >= 15 is 0 Å². The summed E-state index contributed by atoms with van der Waals surface area (Å²) in [6, 6.07) is 5.38. The molecule has 1 N–H and O–H groups in total. The number of alkyl halides is 1. The molecule has 0 aliphatic carbocycles. The van der Waals surface area contributed by atoms with Crippen LogP contribution in [0.15, 0.2) is 18.2 Å². The molecule has 0 spiro atoms. The number of halogens is 1. The van der Waals surface area contributed by atoms with Gasteiger partial charge in [-0.2, -0.15) is 0 Å². The third-order valence-corrected chi connectivity index (χ3v) is 4.28. The minimum Gasteiger partial charge on any atom is -0.486 e. The Morgan fingerprint density at radius 2 is 2.00 bits per heavy atom. The number of benzene rings is 1. The molecule has 0 bridgehead atoms. The third kappa shape index (κ3) is 3.41. The van der Waals surface area contributed by atoms with Crippen molar-refractivity contribution in [1.82, 2.24) is 5.32 Å². The van der Waals surface area contributed by atoms with Crippen molar-refractivity contribution in [1.29, 1.82) is 0 Å². The number of hydrogen-bond donors (Lipinski definition) is 1. The lowest BCUT2D eigenvalue weighted by molar-refractivity contribution is 0.0930. The number of fused-ring (bicyclic) bond motifs is 1. The maximum absolute atomic E-state index is 12.1. The van der Waals surface area contributed by atoms with E-state index in [2.05, 4.69) is 28.2 Å². The average molecular weight is 328 g/mol. The summed E-state index contributed by atoms with van der Waals surface area (Å²) in [4.78, 5) is 12.1. The van der Waals surface area contributed by atoms with Crippen molar-refractivity contribution in [2.75, 3.05) is 18.5 Å². The van der Waals surface area contributed by atoms with Crippen molar-refractivity contribution < 1.29 is 14.3 Å². The van der Waals surface area contributed by atoms with Crippen molar-refractivity contribution in [3.63, 3.8) is 0 Å². The standard InChI is InChI=1S/C14H18BrNO3/c1-9(8-15)10(2)16-14(17)11-3-4-12-13(7-11)19-6-5-18-12/h3-4,7,9-10H,5-6,8H2,1-2H3,(H,16,17). The molecule has 2 atom stereocenters. The molecule has 1 aromatic carbocycles. The van der Waals surface area contributed by atoms with Gasteiger partial charge in [0.05, 0.1) is 0 Å². The van der Waals surface area contributed by atoms with Crippen LogP contribution < -0.4 is 14.8 Å². The van der Waals surface area contributed by atoms with Gasteiger partial charge in [0.1, 0.15) is 13.2 Å². The van der Waals surface area contributed by atoms with Crippen molar-refractivity contribution in [3.8, 4) is 11.5 Å². The molecule has 0 saturated heterocycles. The Bertz CT molecular complexity index is 464. The summed E-state index contributed by atoms with van der Waals surface area (Å²) in [5, 5.41) is 3.85. The van der Waals surface area contributed by atoms with Gasteiger partial charge in [0.15, 0.2) is 11.5 Å². The van der Waals surface area contributed by atoms with Crippen molar-refractivity contribution in [3.05, 3.63) is 23.8 Å². The molecule has 104 valence electrons. The van der Waals surface area contributed by atoms with E-state index in [4.69, 9.17) is 9.47 Å². The Morgan fingerprint density at radius 1 is 1.32 bits per heavy atom. The number of hydrogen-bond acceptors (Lipinski definition) is 3. The first kappa shape index (κ1) is 14.2. The number of nitrogens with one attached hydrogen (secondary N) is 1. The lowest BCUT2D eigenvalue weighted by atomic mass is 10.1. The van der Waals surface area contributed by atoms with Crippen LogP contribution in [0.25, 0.3) is 0 Å². The van der Waals surface area contributed by atoms with E-state index in [1.165, 1.54) is 0 Å². The molecule has 0 radical (unpaired) electrons. The highest BCUT2D eigenvalue weighted by molar-refractivity contribution is 9.09. The monoisotopic (exact) mass is 327 g/mol. The van der Waals surface area contributed by atoms with E-state index in [0.29, 0.717) is 36.2 Å². The smallest absolute Gasteiger partial charge is 0.251 e. The molecular weight excluding hydrogens is 310 g/mol. The van der Waals surface area contributed by atoms with Crippen molar-refractivity contribution in [2.24, 2.45) is 5.92 Å². The molecule has 5 heteroatoms. The van der Waals surface area contributed by atoms with Crippen LogP contribution in [0.4, 0.5) is 0 Å². The summed E-state index contributed by atoms with van der Waals surface area (Å²) >= 11 is 3.42. The quantitative estimate of drug-likeness (QED) is 0.865. The fourth-order valence-electron chi connectivity index (χ4n) is 1.75. The molecule has 1 heterocycles. The molecule has 19 heavy (non-hydrogen) atoms. The van der Waals surface area contributed by atoms with Gasteiger partial charge >= 0.3 is 0 Å². The van der Waals surface area contributed by atoms with Crippen molar-refractivity contribution >= 4 is 21.8 Å². The highest BCUT2D eigenvalue weighted by atomic mass is 79.9. The average Bonchev–Trinajstić information content (AvgIpc) is 2.45. The zero-order valence-corrected chi connectivity index (χ0v) is 12.7. The Kier molecular flexibility index (Phi) is 4.69. The number of amides is 1. The van der Waals surface area contributed by atoms with Gasteiger partial charge in [-0.25, -0.2) is 0 Å². The molecule has 0 saturated carbocycles. The van der Waals surface area contributed by atoms with E-state index in [1.807, 2.05) is 6.92 Å². The second-order valence-electron chi connectivity index (χ2n) is 4.75. The van der Waals surface area contributed by atoms with Crippen LogP contribution in [0, 0.1) is 5.92 Å². The Hall–Kier alpha value is -1.23. The number of ether oxygens (including phenoxy) is 2. The van der Waals surface area contributed by atoms with E-state index < -0.39 is 0 Å². The van der Waals surface area contributed by atoms with E-state index in [9.17, 15) is 4.79 Å². The fraction of sp³-hybridized carbons (Fsp3) is 0.500. The summed E-state index contributed by atoms with van der Waals surface area (Å²) in [5.41, 5.74) is 0.595. The van der Waals surface area contributed by atoms with E-state index in [1.54, 1.807) is 18.2 Å². The first-order valence-electron chi connectivity index (χ1n) is 6.38. The molecular formula is C14H18BrNO3. The molecule has 2 unspecified atom stereocenters. The zero-order chi connectivity index (χ0) is 13.8. The van der Waals surface area contributed by atoms with E-state index in [-0.39, 0.29) is 11.9 Å². The Labute approximate surface area is 121 Å². The van der Waals surface area contributed by atoms with Crippen molar-refractivity contribution in [2.45, 2.75) is 19.9 Å². The molecule has 4 nitrogen and oxygen atoms in total. The maximum atomic E-state index is 12.1. The van der Waals surface area contributed by atoms with Gasteiger partial charge in [-0.1, -0.05) is 22.9 Å². The van der Waals surface area contributed by atoms with E-state index in [0.717, 1.165) is 5.33 Å². The third-order valence-electron chi connectivity index (χ3n) is 3.26. The topological polar surface area (TPSA) is 47.6 Å². The second kappa shape index (κ2) is 6.28. The normalized spacial score (nSPS) is 16.6. The van der Waals surface area contributed by atoms with Crippen LogP contribution in [-0.2, 0) is 0 Å². The molecule has 0 aromatic heterocycles. The number of carbonyl (C=O) groups excluding carboxylic acids is 1. The minimum absolute atomic E-state index is 0.0859. The zero-order valence-electron chi connectivity index (χ0n) is 11.1. The van der Waals surface area contributed by atoms with Gasteiger partial charge in [-0.05, 0) is 31.0 Å². The largest absolute Gasteiger partial charge is 0.486 e. The molecule has 1 aliphatic rings. The lowest BCUT2D eigenvalue weighted by Crippen LogP contribution is -2.37. The predicted octanol–water partition coefficient (Wildman–Crippen LogP) is 2.61. The first-order valence-corrected chi connectivity index (χ1v) is 7.50. The fourth-order valence-corrected chi connectivity index (χ4v) is 2.31. The van der Waals surface area contributed by atoms with Gasteiger partial charge in [0.2, 0.25) is 0 Å². The molecule has 1 aromatic rings. The van der Waals surface area contributed by atoms with Gasteiger partial charge in [-0.15, -0.1) is 0 Å². The summed E-state index contributed by atoms with van der Waals surface area (Å²) in [7, 11) is 0. The summed E-state index contributed by atoms with van der Waals surface area (Å²) < 4.78 is 10.9. The van der Waals surface area contributed by atoms with Crippen LogP contribution in [0.3, 0.4) is 0 Å². The first-order chi connectivity index (χ1) is 9.11. The van der Waals surface area contributed by atoms with Crippen LogP contribution >= 0.6 is 15.9 Å². The highest BCUT2D eigenvalue weighted by Crippen LogP contribution is 2.30. The number of rotatable bonds is 4. The van der Waals surface area contributed by atoms with Crippen LogP contribution in [0.1, 0.15) is 24.2 Å². The summed E-state index contributed by atoms with van der Waals surface area (Å²) in [5.74, 6) is 1.63. The predicted molar refractivity (Wildman–Crippen MR) is 77.3 cm³/mol. The van der Waals surface area contributed by atoms with Gasteiger partial charge in [0, 0.05) is 16.9 Å². The Balaban J connectivity index is 2.07. The van der Waals surface area contributed by atoms with Gasteiger partial charge < -0.3 is 14.8 Å². The van der Waals surface area contributed by atoms with Crippen LogP contribution in [0.5, 0.6) is 11.5 Å². The van der Waals surface area contributed by atoms with Gasteiger partial charge in [-0.3, -0.25) is 4.79 Å².